The average molecular weight is 295 g/mol. The maximum Gasteiger partial charge on any atom is 0.224 e. The highest BCUT2D eigenvalue weighted by molar-refractivity contribution is 6.33. The van der Waals surface area contributed by atoms with Gasteiger partial charge in [-0.2, -0.15) is 4.39 Å². The van der Waals surface area contributed by atoms with Gasteiger partial charge < -0.3 is 0 Å². The van der Waals surface area contributed by atoms with Crippen molar-refractivity contribution in [3.8, 4) is 11.1 Å². The summed E-state index contributed by atoms with van der Waals surface area (Å²) >= 11 is 5.84. The third kappa shape index (κ3) is 1.91. The van der Waals surface area contributed by atoms with Gasteiger partial charge in [0.1, 0.15) is 11.6 Å². The lowest BCUT2D eigenvalue weighted by molar-refractivity contribution is 0.563. The average Bonchev–Trinajstić information content (AvgIpc) is 2.42. The van der Waals surface area contributed by atoms with Crippen molar-refractivity contribution in [1.29, 1.82) is 0 Å². The normalized spacial score (nSPS) is 11.0. The molecule has 0 bridgehead atoms. The summed E-state index contributed by atoms with van der Waals surface area (Å²) in [6.07, 6.45) is 2.57. The highest BCUT2D eigenvalue weighted by Gasteiger charge is 2.22. The van der Waals surface area contributed by atoms with E-state index < -0.39 is 23.1 Å². The van der Waals surface area contributed by atoms with Crippen LogP contribution in [0.25, 0.3) is 22.0 Å². The lowest BCUT2D eigenvalue weighted by Gasteiger charge is -2.10. The van der Waals surface area contributed by atoms with Gasteiger partial charge in [-0.05, 0) is 18.2 Å². The molecule has 0 N–H and O–H groups in total. The van der Waals surface area contributed by atoms with Crippen LogP contribution in [0.4, 0.5) is 13.2 Å². The Hall–Kier alpha value is -2.14. The first kappa shape index (κ1) is 12.9. The van der Waals surface area contributed by atoms with Crippen LogP contribution < -0.4 is 0 Å². The first-order chi connectivity index (χ1) is 9.59. The van der Waals surface area contributed by atoms with Crippen LogP contribution in [0, 0.1) is 17.6 Å². The molecule has 0 saturated carbocycles. The molecule has 2 aromatic heterocycles. The summed E-state index contributed by atoms with van der Waals surface area (Å²) in [6.45, 7) is 0. The monoisotopic (exact) mass is 294 g/mol. The van der Waals surface area contributed by atoms with E-state index >= 15 is 0 Å². The zero-order chi connectivity index (χ0) is 14.3. The Morgan fingerprint density at radius 3 is 2.55 bits per heavy atom. The number of hydrogen-bond acceptors (Lipinski definition) is 2. The van der Waals surface area contributed by atoms with Crippen molar-refractivity contribution in [3.05, 3.63) is 59.3 Å². The quantitative estimate of drug-likeness (QED) is 0.623. The number of hydrogen-bond donors (Lipinski definition) is 0. The van der Waals surface area contributed by atoms with Crippen LogP contribution >= 0.6 is 11.6 Å². The van der Waals surface area contributed by atoms with Crippen molar-refractivity contribution in [2.45, 2.75) is 0 Å². The molecule has 0 unspecified atom stereocenters. The zero-order valence-corrected chi connectivity index (χ0v) is 10.6. The molecule has 0 saturated heterocycles. The third-order valence-corrected chi connectivity index (χ3v) is 3.21. The SMILES string of the molecule is Fc1cccc(Cl)c1-c1c(F)nc2ccncc2c1F. The summed E-state index contributed by atoms with van der Waals surface area (Å²) in [5.41, 5.74) is -0.831. The maximum atomic E-state index is 14.4. The predicted octanol–water partition coefficient (Wildman–Crippen LogP) is 4.37. The Morgan fingerprint density at radius 2 is 1.80 bits per heavy atom. The highest BCUT2D eigenvalue weighted by atomic mass is 35.5. The third-order valence-electron chi connectivity index (χ3n) is 2.89. The van der Waals surface area contributed by atoms with Gasteiger partial charge in [-0.3, -0.25) is 4.98 Å². The predicted molar refractivity (Wildman–Crippen MR) is 69.9 cm³/mol. The lowest BCUT2D eigenvalue weighted by atomic mass is 10.0. The second-order valence-electron chi connectivity index (χ2n) is 4.08. The van der Waals surface area contributed by atoms with E-state index in [1.54, 1.807) is 0 Å². The number of fused-ring (bicyclic) bond motifs is 1. The van der Waals surface area contributed by atoms with Gasteiger partial charge in [-0.1, -0.05) is 17.7 Å². The molecular weight excluding hydrogens is 289 g/mol. The van der Waals surface area contributed by atoms with E-state index in [1.807, 2.05) is 0 Å². The molecule has 0 radical (unpaired) electrons. The summed E-state index contributed by atoms with van der Waals surface area (Å²) in [7, 11) is 0. The van der Waals surface area contributed by atoms with E-state index in [0.717, 1.165) is 6.07 Å². The minimum Gasteiger partial charge on any atom is -0.264 e. The largest absolute Gasteiger partial charge is 0.264 e. The molecule has 0 atom stereocenters. The second kappa shape index (κ2) is 4.76. The Bertz CT molecular complexity index is 801. The van der Waals surface area contributed by atoms with Gasteiger partial charge in [-0.25, -0.2) is 13.8 Å². The van der Waals surface area contributed by atoms with Crippen molar-refractivity contribution in [2.24, 2.45) is 0 Å². The molecule has 20 heavy (non-hydrogen) atoms. The topological polar surface area (TPSA) is 25.8 Å². The van der Waals surface area contributed by atoms with Crippen LogP contribution in [0.5, 0.6) is 0 Å². The van der Waals surface area contributed by atoms with Crippen LogP contribution in [-0.4, -0.2) is 9.97 Å². The van der Waals surface area contributed by atoms with Crippen molar-refractivity contribution in [1.82, 2.24) is 9.97 Å². The summed E-state index contributed by atoms with van der Waals surface area (Å²) in [5.74, 6) is -2.87. The molecule has 2 nitrogen and oxygen atoms in total. The molecule has 0 amide bonds. The fourth-order valence-corrected chi connectivity index (χ4v) is 2.25. The van der Waals surface area contributed by atoms with Crippen LogP contribution in [0.3, 0.4) is 0 Å². The van der Waals surface area contributed by atoms with Crippen LogP contribution in [-0.2, 0) is 0 Å². The Morgan fingerprint density at radius 1 is 1.00 bits per heavy atom. The molecule has 2 heterocycles. The molecule has 0 fully saturated rings. The highest BCUT2D eigenvalue weighted by Crippen LogP contribution is 2.35. The van der Waals surface area contributed by atoms with Crippen LogP contribution in [0.2, 0.25) is 5.02 Å². The van der Waals surface area contributed by atoms with Crippen LogP contribution in [0.15, 0.2) is 36.7 Å². The number of aromatic nitrogens is 2. The van der Waals surface area contributed by atoms with Crippen molar-refractivity contribution < 1.29 is 13.2 Å². The first-order valence-electron chi connectivity index (χ1n) is 5.62. The first-order valence-corrected chi connectivity index (χ1v) is 6.00. The molecule has 3 rings (SSSR count). The second-order valence-corrected chi connectivity index (χ2v) is 4.49. The molecule has 0 aliphatic rings. The van der Waals surface area contributed by atoms with Gasteiger partial charge in [-0.15, -0.1) is 0 Å². The summed E-state index contributed by atoms with van der Waals surface area (Å²) in [4.78, 5) is 7.38. The van der Waals surface area contributed by atoms with Crippen LogP contribution in [0.1, 0.15) is 0 Å². The zero-order valence-electron chi connectivity index (χ0n) is 9.87. The standard InChI is InChI=1S/C14H6ClF3N2/c15-8-2-1-3-9(16)11(8)12-13(17)7-6-19-5-4-10(7)20-14(12)18/h1-6H. The summed E-state index contributed by atoms with van der Waals surface area (Å²) < 4.78 is 42.3. The lowest BCUT2D eigenvalue weighted by Crippen LogP contribution is -1.99. The number of halogens is 4. The summed E-state index contributed by atoms with van der Waals surface area (Å²) in [6, 6.07) is 5.15. The van der Waals surface area contributed by atoms with E-state index in [-0.39, 0.29) is 21.5 Å². The van der Waals surface area contributed by atoms with Crippen molar-refractivity contribution in [2.75, 3.05) is 0 Å². The van der Waals surface area contributed by atoms with E-state index in [0.29, 0.717) is 0 Å². The fourth-order valence-electron chi connectivity index (χ4n) is 1.99. The molecule has 0 spiro atoms. The Balaban J connectivity index is 2.43. The molecule has 0 aliphatic carbocycles. The van der Waals surface area contributed by atoms with Gasteiger partial charge in [0.05, 0.1) is 21.5 Å². The Labute approximate surface area is 116 Å². The molecular formula is C14H6ClF3N2. The number of benzene rings is 1. The summed E-state index contributed by atoms with van der Waals surface area (Å²) in [5, 5.41) is -0.0870. The van der Waals surface area contributed by atoms with Gasteiger partial charge in [0, 0.05) is 18.0 Å². The number of rotatable bonds is 1. The van der Waals surface area contributed by atoms with Gasteiger partial charge in [0.2, 0.25) is 5.95 Å². The smallest absolute Gasteiger partial charge is 0.224 e. The van der Waals surface area contributed by atoms with Gasteiger partial charge in [0.15, 0.2) is 0 Å². The van der Waals surface area contributed by atoms with Gasteiger partial charge >= 0.3 is 0 Å². The molecule has 0 aliphatic heterocycles. The molecule has 3 aromatic rings. The minimum absolute atomic E-state index is 0.00298. The van der Waals surface area contributed by atoms with Crippen molar-refractivity contribution >= 4 is 22.5 Å². The van der Waals surface area contributed by atoms with E-state index in [4.69, 9.17) is 11.6 Å². The van der Waals surface area contributed by atoms with E-state index in [1.165, 1.54) is 30.6 Å². The molecule has 1 aromatic carbocycles. The number of nitrogens with zero attached hydrogens (tertiary/aromatic N) is 2. The van der Waals surface area contributed by atoms with Crippen molar-refractivity contribution in [3.63, 3.8) is 0 Å². The molecule has 100 valence electrons. The Kier molecular flexibility index (Phi) is 3.06. The van der Waals surface area contributed by atoms with E-state index in [9.17, 15) is 13.2 Å². The van der Waals surface area contributed by atoms with E-state index in [2.05, 4.69) is 9.97 Å². The number of pyridine rings is 2. The minimum atomic E-state index is -1.12. The van der Waals surface area contributed by atoms with Gasteiger partial charge in [0.25, 0.3) is 0 Å². The fraction of sp³-hybridized carbons (Fsp3) is 0. The molecule has 6 heteroatoms. The maximum absolute atomic E-state index is 14.4.